The summed E-state index contributed by atoms with van der Waals surface area (Å²) in [4.78, 5) is 22.7. The van der Waals surface area contributed by atoms with Gasteiger partial charge in [-0.25, -0.2) is 9.78 Å². The van der Waals surface area contributed by atoms with Crippen molar-refractivity contribution >= 4 is 38.4 Å². The summed E-state index contributed by atoms with van der Waals surface area (Å²) in [6.45, 7) is 10.5. The molecule has 3 aromatic heterocycles. The minimum absolute atomic E-state index is 0.000727. The minimum Gasteiger partial charge on any atom is -0.493 e. The predicted octanol–water partition coefficient (Wildman–Crippen LogP) is 10.0. The summed E-state index contributed by atoms with van der Waals surface area (Å²) in [5, 5.41) is 17.5. The molecule has 0 amide bonds. The number of aryl methyl sites for hydroxylation is 2. The van der Waals surface area contributed by atoms with Crippen LogP contribution in [0.1, 0.15) is 88.5 Å². The quantitative estimate of drug-likeness (QED) is 0.193. The van der Waals surface area contributed by atoms with E-state index >= 15 is 0 Å². The Kier molecular flexibility index (Phi) is 8.78. The first-order chi connectivity index (χ1) is 24.9. The van der Waals surface area contributed by atoms with Crippen LogP contribution in [0.3, 0.4) is 0 Å². The molecule has 0 saturated heterocycles. The summed E-state index contributed by atoms with van der Waals surface area (Å²) in [6, 6.07) is 16.7. The van der Waals surface area contributed by atoms with E-state index in [4.69, 9.17) is 24.3 Å². The lowest BCUT2D eigenvalue weighted by Gasteiger charge is -2.29. The van der Waals surface area contributed by atoms with E-state index in [9.17, 15) is 9.90 Å². The van der Waals surface area contributed by atoms with E-state index in [2.05, 4.69) is 48.3 Å². The molecular weight excluding hydrogens is 673 g/mol. The molecule has 5 heterocycles. The molecule has 8 rings (SSSR count). The van der Waals surface area contributed by atoms with Crippen molar-refractivity contribution in [2.45, 2.75) is 90.4 Å². The Balaban J connectivity index is 1.39. The summed E-state index contributed by atoms with van der Waals surface area (Å²) in [5.41, 5.74) is 8.25. The molecular formula is C42H44N4O5S. The highest BCUT2D eigenvalue weighted by Gasteiger charge is 2.33. The second kappa shape index (κ2) is 13.3. The lowest BCUT2D eigenvalue weighted by Crippen LogP contribution is -2.28. The van der Waals surface area contributed by atoms with Crippen molar-refractivity contribution in [2.75, 3.05) is 6.61 Å². The molecule has 1 N–H and O–H groups in total. The minimum atomic E-state index is -1.17. The highest BCUT2D eigenvalue weighted by molar-refractivity contribution is 7.22. The number of fused-ring (bicyclic) bond motifs is 7. The van der Waals surface area contributed by atoms with Crippen molar-refractivity contribution in [3.05, 3.63) is 77.6 Å². The number of benzene rings is 3. The summed E-state index contributed by atoms with van der Waals surface area (Å²) >= 11 is 1.58. The van der Waals surface area contributed by atoms with Crippen molar-refractivity contribution in [1.29, 1.82) is 0 Å². The highest BCUT2D eigenvalue weighted by Crippen LogP contribution is 2.47. The number of hydrogen-bond acceptors (Lipinski definition) is 8. The van der Waals surface area contributed by atoms with Crippen molar-refractivity contribution < 1.29 is 24.1 Å². The fourth-order valence-electron chi connectivity index (χ4n) is 7.83. The van der Waals surface area contributed by atoms with Gasteiger partial charge < -0.3 is 19.3 Å². The zero-order chi connectivity index (χ0) is 36.3. The lowest BCUT2D eigenvalue weighted by molar-refractivity contribution is -0.160. The SMILES string of the molecule is Cc1cc2nc3sc2c(c1C(OC(C)(C)C)C(=O)O)-c1ccc2c(c1)C(CCCCC(C)Oc1cnccc1-c1nn(C)c4ccc-3cc14)CCO2. The first-order valence-electron chi connectivity index (χ1n) is 18.1. The summed E-state index contributed by atoms with van der Waals surface area (Å²) in [6.07, 6.45) is 7.35. The molecule has 3 atom stereocenters. The fraction of sp³-hybridized carbons (Fsp3) is 0.381. The second-order valence-corrected chi connectivity index (χ2v) is 16.2. The van der Waals surface area contributed by atoms with Gasteiger partial charge in [0.25, 0.3) is 0 Å². The Bertz CT molecular complexity index is 2340. The Labute approximate surface area is 307 Å². The van der Waals surface area contributed by atoms with Crippen LogP contribution < -0.4 is 9.47 Å². The van der Waals surface area contributed by atoms with Gasteiger partial charge in [-0.05, 0) is 125 Å². The maximum absolute atomic E-state index is 13.1. The normalized spacial score (nSPS) is 18.2. The van der Waals surface area contributed by atoms with E-state index in [0.717, 1.165) is 103 Å². The molecule has 268 valence electrons. The molecule has 3 unspecified atom stereocenters. The van der Waals surface area contributed by atoms with E-state index in [1.807, 2.05) is 51.6 Å². The molecule has 0 spiro atoms. The monoisotopic (exact) mass is 716 g/mol. The first-order valence-corrected chi connectivity index (χ1v) is 19.0. The molecule has 0 saturated carbocycles. The number of aliphatic carboxylic acids is 1. The van der Waals surface area contributed by atoms with Crippen molar-refractivity contribution in [2.24, 2.45) is 7.05 Å². The molecule has 9 nitrogen and oxygen atoms in total. The van der Waals surface area contributed by atoms with Gasteiger partial charge in [0.05, 0.1) is 40.2 Å². The van der Waals surface area contributed by atoms with Crippen LogP contribution in [0, 0.1) is 6.92 Å². The maximum atomic E-state index is 13.1. The Morgan fingerprint density at radius 2 is 1.85 bits per heavy atom. The largest absolute Gasteiger partial charge is 0.493 e. The molecule has 2 aliphatic rings. The number of nitrogens with zero attached hydrogens (tertiary/aromatic N) is 4. The number of aromatic nitrogens is 4. The van der Waals surface area contributed by atoms with E-state index in [0.29, 0.717) is 18.1 Å². The zero-order valence-corrected chi connectivity index (χ0v) is 31.3. The van der Waals surface area contributed by atoms with Crippen LogP contribution in [0.15, 0.2) is 60.9 Å². The second-order valence-electron chi connectivity index (χ2n) is 15.2. The number of ether oxygens (including phenoxy) is 3. The third-order valence-electron chi connectivity index (χ3n) is 10.2. The van der Waals surface area contributed by atoms with Crippen LogP contribution in [-0.4, -0.2) is 49.1 Å². The van der Waals surface area contributed by atoms with Crippen LogP contribution in [0.4, 0.5) is 0 Å². The maximum Gasteiger partial charge on any atom is 0.337 e. The number of pyridine rings is 1. The molecule has 0 radical (unpaired) electrons. The molecule has 6 bridgehead atoms. The average Bonchev–Trinajstić information content (AvgIpc) is 3.68. The van der Waals surface area contributed by atoms with E-state index in [-0.39, 0.29) is 6.10 Å². The topological polar surface area (TPSA) is 109 Å². The third-order valence-corrected chi connectivity index (χ3v) is 11.4. The molecule has 52 heavy (non-hydrogen) atoms. The van der Waals surface area contributed by atoms with Gasteiger partial charge in [-0.2, -0.15) is 5.10 Å². The van der Waals surface area contributed by atoms with E-state index in [1.165, 1.54) is 5.56 Å². The fourth-order valence-corrected chi connectivity index (χ4v) is 8.95. The van der Waals surface area contributed by atoms with Crippen LogP contribution >= 0.6 is 11.3 Å². The van der Waals surface area contributed by atoms with Gasteiger partial charge in [-0.3, -0.25) is 9.67 Å². The van der Waals surface area contributed by atoms with Gasteiger partial charge in [0, 0.05) is 40.9 Å². The van der Waals surface area contributed by atoms with Gasteiger partial charge >= 0.3 is 5.97 Å². The smallest absolute Gasteiger partial charge is 0.337 e. The molecule has 6 aromatic rings. The Morgan fingerprint density at radius 3 is 2.65 bits per heavy atom. The van der Waals surface area contributed by atoms with E-state index < -0.39 is 17.7 Å². The summed E-state index contributed by atoms with van der Waals surface area (Å²) in [5.74, 6) is 0.928. The highest BCUT2D eigenvalue weighted by atomic mass is 32.1. The van der Waals surface area contributed by atoms with Crippen LogP contribution in [-0.2, 0) is 16.6 Å². The zero-order valence-electron chi connectivity index (χ0n) is 30.5. The van der Waals surface area contributed by atoms with Crippen molar-refractivity contribution in [3.63, 3.8) is 0 Å². The van der Waals surface area contributed by atoms with E-state index in [1.54, 1.807) is 23.7 Å². The van der Waals surface area contributed by atoms with Crippen LogP contribution in [0.25, 0.3) is 54.1 Å². The predicted molar refractivity (Wildman–Crippen MR) is 205 cm³/mol. The molecule has 10 heteroatoms. The number of carboxylic acid groups (broad SMARTS) is 1. The standard InChI is InChI=1S/C42H44N4O5S/c1-23-19-31-39-36(35(23)38(41(47)48)51-42(3,4)5)26-12-14-33-29(20-26)25(16-18-49-33)10-8-7-9-24(2)50-34-22-43-17-15-28(34)37-30-21-27(40(44-31)52-39)11-13-32(30)46(6)45-37/h11-15,17,19-22,24-25,38H,7-10,16,18H2,1-6H3,(H,47,48). The van der Waals surface area contributed by atoms with Gasteiger partial charge in [0.1, 0.15) is 22.2 Å². The third kappa shape index (κ3) is 6.32. The number of rotatable bonds is 3. The van der Waals surface area contributed by atoms with Crippen LogP contribution in [0.5, 0.6) is 11.5 Å². The molecule has 0 fully saturated rings. The van der Waals surface area contributed by atoms with Crippen molar-refractivity contribution in [3.8, 4) is 44.5 Å². The Hall–Kier alpha value is -4.80. The van der Waals surface area contributed by atoms with Gasteiger partial charge in [-0.15, -0.1) is 11.3 Å². The lowest BCUT2D eigenvalue weighted by atomic mass is 9.85. The van der Waals surface area contributed by atoms with Gasteiger partial charge in [0.15, 0.2) is 6.10 Å². The molecule has 3 aromatic carbocycles. The average molecular weight is 717 g/mol. The summed E-state index contributed by atoms with van der Waals surface area (Å²) in [7, 11) is 1.96. The van der Waals surface area contributed by atoms with Crippen LogP contribution in [0.2, 0.25) is 0 Å². The first kappa shape index (κ1) is 34.3. The number of carbonyl (C=O) groups is 1. The van der Waals surface area contributed by atoms with Crippen molar-refractivity contribution in [1.82, 2.24) is 19.7 Å². The Morgan fingerprint density at radius 1 is 1.04 bits per heavy atom. The van der Waals surface area contributed by atoms with Gasteiger partial charge in [0.2, 0.25) is 0 Å². The number of carboxylic acids is 1. The summed E-state index contributed by atoms with van der Waals surface area (Å²) < 4.78 is 21.9. The molecule has 0 aliphatic carbocycles. The van der Waals surface area contributed by atoms with Gasteiger partial charge in [-0.1, -0.05) is 12.5 Å². The number of hydrogen-bond donors (Lipinski definition) is 1. The molecule has 2 aliphatic heterocycles. The number of thiazole rings is 1.